The Labute approximate surface area is 113 Å². The largest absolute Gasteiger partial charge is 0.383 e. The number of benzene rings is 1. The summed E-state index contributed by atoms with van der Waals surface area (Å²) in [4.78, 5) is 0. The van der Waals surface area contributed by atoms with Gasteiger partial charge in [-0.15, -0.1) is 0 Å². The second kappa shape index (κ2) is 4.52. The van der Waals surface area contributed by atoms with Crippen LogP contribution >= 0.6 is 11.6 Å². The van der Waals surface area contributed by atoms with E-state index in [0.717, 1.165) is 42.8 Å². The van der Waals surface area contributed by atoms with Crippen LogP contribution in [-0.4, -0.2) is 17.2 Å². The van der Waals surface area contributed by atoms with Gasteiger partial charge in [0.1, 0.15) is 5.60 Å². The van der Waals surface area contributed by atoms with Crippen LogP contribution < -0.4 is 5.32 Å². The third kappa shape index (κ3) is 1.78. The Hall–Kier alpha value is -0.570. The molecule has 0 amide bonds. The van der Waals surface area contributed by atoms with E-state index >= 15 is 0 Å². The van der Waals surface area contributed by atoms with Crippen LogP contribution in [0.5, 0.6) is 0 Å². The number of aliphatic hydroxyl groups is 1. The lowest BCUT2D eigenvalue weighted by molar-refractivity contribution is -0.0820. The van der Waals surface area contributed by atoms with Gasteiger partial charge in [-0.05, 0) is 49.9 Å². The minimum absolute atomic E-state index is 0.112. The zero-order valence-electron chi connectivity index (χ0n) is 10.6. The van der Waals surface area contributed by atoms with Crippen molar-refractivity contribution in [2.75, 3.05) is 6.54 Å². The minimum Gasteiger partial charge on any atom is -0.383 e. The Morgan fingerprint density at radius 3 is 2.33 bits per heavy atom. The predicted molar refractivity (Wildman–Crippen MR) is 73.8 cm³/mol. The highest BCUT2D eigenvalue weighted by molar-refractivity contribution is 6.30. The second-order valence-electron chi connectivity index (χ2n) is 5.69. The summed E-state index contributed by atoms with van der Waals surface area (Å²) in [5.41, 5.74) is 0.173. The number of hydrogen-bond donors (Lipinski definition) is 2. The Morgan fingerprint density at radius 1 is 1.00 bits per heavy atom. The topological polar surface area (TPSA) is 32.3 Å². The molecule has 1 unspecified atom stereocenters. The molecule has 1 heterocycles. The average Bonchev–Trinajstić information content (AvgIpc) is 2.84. The molecule has 3 rings (SSSR count). The molecule has 2 N–H and O–H groups in total. The first-order chi connectivity index (χ1) is 8.66. The van der Waals surface area contributed by atoms with Crippen molar-refractivity contribution in [1.82, 2.24) is 5.32 Å². The van der Waals surface area contributed by atoms with Gasteiger partial charge in [0.15, 0.2) is 0 Å². The standard InChI is InChI=1S/C15H20ClNO/c16-13-6-4-12(5-7-13)15(18)10-3-11-17-14(15)8-1-2-9-14/h4-7,17-18H,1-3,8-11H2. The smallest absolute Gasteiger partial charge is 0.108 e. The van der Waals surface area contributed by atoms with Crippen molar-refractivity contribution in [2.45, 2.75) is 49.7 Å². The van der Waals surface area contributed by atoms with Gasteiger partial charge < -0.3 is 10.4 Å². The fraction of sp³-hybridized carbons (Fsp3) is 0.600. The van der Waals surface area contributed by atoms with Crippen LogP contribution in [0.15, 0.2) is 24.3 Å². The molecule has 98 valence electrons. The SMILES string of the molecule is OC1(c2ccc(Cl)cc2)CCCNC12CCCC2. The molecule has 1 saturated carbocycles. The van der Waals surface area contributed by atoms with Crippen LogP contribution in [0.1, 0.15) is 44.1 Å². The molecule has 1 aromatic carbocycles. The van der Waals surface area contributed by atoms with Crippen molar-refractivity contribution in [2.24, 2.45) is 0 Å². The molecule has 1 spiro atoms. The molecule has 2 nitrogen and oxygen atoms in total. The molecule has 1 saturated heterocycles. The highest BCUT2D eigenvalue weighted by Crippen LogP contribution is 2.48. The van der Waals surface area contributed by atoms with Gasteiger partial charge in [-0.1, -0.05) is 36.6 Å². The second-order valence-corrected chi connectivity index (χ2v) is 6.12. The van der Waals surface area contributed by atoms with Crippen LogP contribution in [-0.2, 0) is 5.60 Å². The summed E-state index contributed by atoms with van der Waals surface area (Å²) < 4.78 is 0. The maximum absolute atomic E-state index is 11.3. The maximum atomic E-state index is 11.3. The van der Waals surface area contributed by atoms with Crippen molar-refractivity contribution in [1.29, 1.82) is 0 Å². The van der Waals surface area contributed by atoms with Gasteiger partial charge in [-0.2, -0.15) is 0 Å². The number of rotatable bonds is 1. The van der Waals surface area contributed by atoms with E-state index < -0.39 is 5.60 Å². The van der Waals surface area contributed by atoms with Gasteiger partial charge >= 0.3 is 0 Å². The Morgan fingerprint density at radius 2 is 1.67 bits per heavy atom. The van der Waals surface area contributed by atoms with Crippen LogP contribution in [0, 0.1) is 0 Å². The number of nitrogens with one attached hydrogen (secondary N) is 1. The van der Waals surface area contributed by atoms with Crippen LogP contribution in [0.4, 0.5) is 0 Å². The number of halogens is 1. The highest BCUT2D eigenvalue weighted by Gasteiger charge is 2.53. The monoisotopic (exact) mass is 265 g/mol. The molecular weight excluding hydrogens is 246 g/mol. The molecule has 0 bridgehead atoms. The van der Waals surface area contributed by atoms with Gasteiger partial charge in [-0.3, -0.25) is 0 Å². The van der Waals surface area contributed by atoms with E-state index in [4.69, 9.17) is 11.6 Å². The van der Waals surface area contributed by atoms with E-state index in [1.165, 1.54) is 12.8 Å². The van der Waals surface area contributed by atoms with Crippen LogP contribution in [0.3, 0.4) is 0 Å². The first-order valence-electron chi connectivity index (χ1n) is 6.90. The first-order valence-corrected chi connectivity index (χ1v) is 7.28. The third-order valence-corrected chi connectivity index (χ3v) is 5.00. The van der Waals surface area contributed by atoms with Gasteiger partial charge in [0, 0.05) is 5.02 Å². The van der Waals surface area contributed by atoms with E-state index in [1.807, 2.05) is 24.3 Å². The number of hydrogen-bond acceptors (Lipinski definition) is 2. The zero-order chi connectivity index (χ0) is 12.6. The van der Waals surface area contributed by atoms with Crippen LogP contribution in [0.25, 0.3) is 0 Å². The van der Waals surface area contributed by atoms with E-state index in [2.05, 4.69) is 5.32 Å². The van der Waals surface area contributed by atoms with Gasteiger partial charge in [-0.25, -0.2) is 0 Å². The van der Waals surface area contributed by atoms with E-state index in [9.17, 15) is 5.11 Å². The Balaban J connectivity index is 2.01. The van der Waals surface area contributed by atoms with Crippen molar-refractivity contribution in [3.8, 4) is 0 Å². The van der Waals surface area contributed by atoms with Crippen molar-refractivity contribution in [3.63, 3.8) is 0 Å². The summed E-state index contributed by atoms with van der Waals surface area (Å²) >= 11 is 5.95. The van der Waals surface area contributed by atoms with E-state index in [-0.39, 0.29) is 5.54 Å². The normalized spacial score (nSPS) is 30.8. The van der Waals surface area contributed by atoms with E-state index in [1.54, 1.807) is 0 Å². The van der Waals surface area contributed by atoms with Gasteiger partial charge in [0.2, 0.25) is 0 Å². The van der Waals surface area contributed by atoms with E-state index in [0.29, 0.717) is 0 Å². The number of piperidine rings is 1. The summed E-state index contributed by atoms with van der Waals surface area (Å²) in [6.45, 7) is 1.02. The molecule has 2 fully saturated rings. The molecule has 2 aliphatic rings. The average molecular weight is 266 g/mol. The summed E-state index contributed by atoms with van der Waals surface area (Å²) in [5.74, 6) is 0. The lowest BCUT2D eigenvalue weighted by Gasteiger charge is -2.49. The van der Waals surface area contributed by atoms with Crippen molar-refractivity contribution < 1.29 is 5.11 Å². The fourth-order valence-electron chi connectivity index (χ4n) is 3.77. The summed E-state index contributed by atoms with van der Waals surface area (Å²) in [6.07, 6.45) is 6.45. The molecule has 1 aromatic rings. The lowest BCUT2D eigenvalue weighted by Crippen LogP contribution is -2.62. The molecule has 1 aliphatic carbocycles. The fourth-order valence-corrected chi connectivity index (χ4v) is 3.90. The summed E-state index contributed by atoms with van der Waals surface area (Å²) in [7, 11) is 0. The molecule has 0 aromatic heterocycles. The third-order valence-electron chi connectivity index (χ3n) is 4.75. The van der Waals surface area contributed by atoms with Crippen molar-refractivity contribution in [3.05, 3.63) is 34.9 Å². The molecular formula is C15H20ClNO. The predicted octanol–water partition coefficient (Wildman–Crippen LogP) is 3.22. The molecule has 0 radical (unpaired) electrons. The van der Waals surface area contributed by atoms with Crippen molar-refractivity contribution >= 4 is 11.6 Å². The lowest BCUT2D eigenvalue weighted by atomic mass is 9.69. The first kappa shape index (κ1) is 12.5. The molecule has 3 heteroatoms. The van der Waals surface area contributed by atoms with Crippen LogP contribution in [0.2, 0.25) is 5.02 Å². The van der Waals surface area contributed by atoms with Gasteiger partial charge in [0.25, 0.3) is 0 Å². The quantitative estimate of drug-likeness (QED) is 0.817. The molecule has 1 atom stereocenters. The summed E-state index contributed by atoms with van der Waals surface area (Å²) in [5, 5.41) is 15.6. The maximum Gasteiger partial charge on any atom is 0.108 e. The highest BCUT2D eigenvalue weighted by atomic mass is 35.5. The zero-order valence-corrected chi connectivity index (χ0v) is 11.3. The Kier molecular flexibility index (Phi) is 3.13. The molecule has 1 aliphatic heterocycles. The Bertz CT molecular complexity index is 425. The summed E-state index contributed by atoms with van der Waals surface area (Å²) in [6, 6.07) is 7.73. The minimum atomic E-state index is -0.730. The molecule has 18 heavy (non-hydrogen) atoms. The van der Waals surface area contributed by atoms with Gasteiger partial charge in [0.05, 0.1) is 5.54 Å².